The molecule has 0 bridgehead atoms. The topological polar surface area (TPSA) is 24.9 Å². The van der Waals surface area contributed by atoms with Crippen LogP contribution in [0.5, 0.6) is 0 Å². The molecule has 0 saturated carbocycles. The van der Waals surface area contributed by atoms with Crippen molar-refractivity contribution in [3.8, 4) is 0 Å². The Morgan fingerprint density at radius 3 is 3.12 bits per heavy atom. The Kier molecular flexibility index (Phi) is 2.62. The van der Waals surface area contributed by atoms with E-state index < -0.39 is 0 Å². The molecule has 1 fully saturated rings. The SMILES string of the molecule is CC1NCCC1c1nc2cc(Cl)ccc2s1. The molecule has 1 aromatic carbocycles. The summed E-state index contributed by atoms with van der Waals surface area (Å²) in [5.74, 6) is 0.566. The van der Waals surface area contributed by atoms with Crippen molar-refractivity contribution in [3.63, 3.8) is 0 Å². The zero-order chi connectivity index (χ0) is 11.1. The van der Waals surface area contributed by atoms with E-state index in [1.54, 1.807) is 11.3 Å². The number of rotatable bonds is 1. The lowest BCUT2D eigenvalue weighted by atomic mass is 10.0. The van der Waals surface area contributed by atoms with E-state index in [0.717, 1.165) is 17.1 Å². The van der Waals surface area contributed by atoms with Crippen molar-refractivity contribution in [3.05, 3.63) is 28.2 Å². The Labute approximate surface area is 104 Å². The first kappa shape index (κ1) is 10.5. The van der Waals surface area contributed by atoms with Gasteiger partial charge in [0.1, 0.15) is 0 Å². The summed E-state index contributed by atoms with van der Waals surface area (Å²) in [6, 6.07) is 6.48. The predicted octanol–water partition coefficient (Wildman–Crippen LogP) is 3.42. The number of benzene rings is 1. The molecule has 1 aromatic heterocycles. The fraction of sp³-hybridized carbons (Fsp3) is 0.417. The first-order chi connectivity index (χ1) is 7.74. The van der Waals surface area contributed by atoms with Gasteiger partial charge in [-0.15, -0.1) is 11.3 Å². The van der Waals surface area contributed by atoms with Gasteiger partial charge in [-0.05, 0) is 38.1 Å². The summed E-state index contributed by atoms with van der Waals surface area (Å²) in [6.45, 7) is 3.33. The maximum atomic E-state index is 5.97. The summed E-state index contributed by atoms with van der Waals surface area (Å²) >= 11 is 7.77. The van der Waals surface area contributed by atoms with Gasteiger partial charge in [0.15, 0.2) is 0 Å². The van der Waals surface area contributed by atoms with Crippen molar-refractivity contribution in [1.29, 1.82) is 0 Å². The molecular formula is C12H13ClN2S. The summed E-state index contributed by atoms with van der Waals surface area (Å²) < 4.78 is 1.23. The number of thiazole rings is 1. The fourth-order valence-electron chi connectivity index (χ4n) is 2.27. The molecule has 0 radical (unpaired) electrons. The summed E-state index contributed by atoms with van der Waals surface area (Å²) in [5.41, 5.74) is 1.03. The van der Waals surface area contributed by atoms with Crippen LogP contribution >= 0.6 is 22.9 Å². The van der Waals surface area contributed by atoms with Crippen LogP contribution in [-0.4, -0.2) is 17.6 Å². The Bertz CT molecular complexity index is 523. The molecule has 2 unspecified atom stereocenters. The minimum Gasteiger partial charge on any atom is -0.314 e. The molecule has 1 aliphatic heterocycles. The molecule has 2 nitrogen and oxygen atoms in total. The van der Waals surface area contributed by atoms with Crippen LogP contribution in [0.25, 0.3) is 10.2 Å². The highest BCUT2D eigenvalue weighted by molar-refractivity contribution is 7.18. The van der Waals surface area contributed by atoms with Crippen molar-refractivity contribution in [1.82, 2.24) is 10.3 Å². The van der Waals surface area contributed by atoms with E-state index in [4.69, 9.17) is 16.6 Å². The van der Waals surface area contributed by atoms with Crippen LogP contribution < -0.4 is 5.32 Å². The second-order valence-corrected chi connectivity index (χ2v) is 5.80. The molecule has 16 heavy (non-hydrogen) atoms. The highest BCUT2D eigenvalue weighted by Gasteiger charge is 2.27. The first-order valence-electron chi connectivity index (χ1n) is 5.53. The number of aromatic nitrogens is 1. The number of hydrogen-bond donors (Lipinski definition) is 1. The summed E-state index contributed by atoms with van der Waals surface area (Å²) in [7, 11) is 0. The van der Waals surface area contributed by atoms with Gasteiger partial charge >= 0.3 is 0 Å². The van der Waals surface area contributed by atoms with E-state index in [9.17, 15) is 0 Å². The van der Waals surface area contributed by atoms with E-state index in [1.807, 2.05) is 12.1 Å². The molecule has 0 aliphatic carbocycles. The highest BCUT2D eigenvalue weighted by Crippen LogP contribution is 2.34. The predicted molar refractivity (Wildman–Crippen MR) is 69.5 cm³/mol. The summed E-state index contributed by atoms with van der Waals surface area (Å²) in [4.78, 5) is 4.70. The maximum Gasteiger partial charge on any atom is 0.0985 e. The van der Waals surface area contributed by atoms with Crippen molar-refractivity contribution >= 4 is 33.2 Å². The van der Waals surface area contributed by atoms with Crippen molar-refractivity contribution in [2.45, 2.75) is 25.3 Å². The average molecular weight is 253 g/mol. The van der Waals surface area contributed by atoms with Crippen molar-refractivity contribution in [2.75, 3.05) is 6.54 Å². The minimum absolute atomic E-state index is 0.538. The molecule has 0 spiro atoms. The van der Waals surface area contributed by atoms with Gasteiger partial charge in [-0.25, -0.2) is 4.98 Å². The quantitative estimate of drug-likeness (QED) is 0.841. The molecule has 2 aromatic rings. The first-order valence-corrected chi connectivity index (χ1v) is 6.73. The maximum absolute atomic E-state index is 5.97. The molecule has 4 heteroatoms. The van der Waals surface area contributed by atoms with Crippen molar-refractivity contribution in [2.24, 2.45) is 0 Å². The van der Waals surface area contributed by atoms with Gasteiger partial charge < -0.3 is 5.32 Å². The lowest BCUT2D eigenvalue weighted by Gasteiger charge is -2.10. The molecule has 84 valence electrons. The molecule has 1 aliphatic rings. The number of nitrogens with one attached hydrogen (secondary N) is 1. The van der Waals surface area contributed by atoms with Gasteiger partial charge in [0.2, 0.25) is 0 Å². The molecule has 1 saturated heterocycles. The van der Waals surface area contributed by atoms with Gasteiger partial charge in [0.25, 0.3) is 0 Å². The van der Waals surface area contributed by atoms with Crippen LogP contribution in [0.4, 0.5) is 0 Å². The summed E-state index contributed by atoms with van der Waals surface area (Å²) in [6.07, 6.45) is 1.19. The average Bonchev–Trinajstić information content (AvgIpc) is 2.82. The number of fused-ring (bicyclic) bond motifs is 1. The second kappa shape index (κ2) is 3.99. The lowest BCUT2D eigenvalue weighted by molar-refractivity contribution is 0.593. The number of nitrogens with zero attached hydrogens (tertiary/aromatic N) is 1. The molecule has 2 atom stereocenters. The normalized spacial score (nSPS) is 25.4. The van der Waals surface area contributed by atoms with E-state index in [0.29, 0.717) is 12.0 Å². The largest absolute Gasteiger partial charge is 0.314 e. The monoisotopic (exact) mass is 252 g/mol. The molecule has 0 amide bonds. The van der Waals surface area contributed by atoms with Gasteiger partial charge in [0.05, 0.1) is 15.2 Å². The van der Waals surface area contributed by atoms with E-state index in [-0.39, 0.29) is 0 Å². The van der Waals surface area contributed by atoms with E-state index in [2.05, 4.69) is 18.3 Å². The van der Waals surface area contributed by atoms with Gasteiger partial charge in [-0.3, -0.25) is 0 Å². The van der Waals surface area contributed by atoms with Gasteiger partial charge in [-0.2, -0.15) is 0 Å². The standard InChI is InChI=1S/C12H13ClN2S/c1-7-9(4-5-14-7)12-15-10-6-8(13)2-3-11(10)16-12/h2-3,6-7,9,14H,4-5H2,1H3. The second-order valence-electron chi connectivity index (χ2n) is 4.30. The Balaban J connectivity index is 2.04. The Morgan fingerprint density at radius 1 is 1.50 bits per heavy atom. The van der Waals surface area contributed by atoms with Crippen molar-refractivity contribution < 1.29 is 0 Å². The van der Waals surface area contributed by atoms with Crippen LogP contribution in [0.2, 0.25) is 5.02 Å². The zero-order valence-corrected chi connectivity index (χ0v) is 10.6. The third-order valence-corrected chi connectivity index (χ3v) is 4.61. The minimum atomic E-state index is 0.538. The summed E-state index contributed by atoms with van der Waals surface area (Å²) in [5, 5.41) is 5.48. The number of halogens is 1. The van der Waals surface area contributed by atoms with Gasteiger partial charge in [0, 0.05) is 17.0 Å². The fourth-order valence-corrected chi connectivity index (χ4v) is 3.63. The Hall–Kier alpha value is -0.640. The van der Waals surface area contributed by atoms with Crippen LogP contribution in [0.3, 0.4) is 0 Å². The lowest BCUT2D eigenvalue weighted by Crippen LogP contribution is -2.21. The van der Waals surface area contributed by atoms with E-state index >= 15 is 0 Å². The molecular weight excluding hydrogens is 240 g/mol. The molecule has 2 heterocycles. The zero-order valence-electron chi connectivity index (χ0n) is 9.03. The smallest absolute Gasteiger partial charge is 0.0985 e. The third-order valence-electron chi connectivity index (χ3n) is 3.21. The third kappa shape index (κ3) is 1.73. The molecule has 3 rings (SSSR count). The highest BCUT2D eigenvalue weighted by atomic mass is 35.5. The van der Waals surface area contributed by atoms with Gasteiger partial charge in [-0.1, -0.05) is 11.6 Å². The van der Waals surface area contributed by atoms with Crippen LogP contribution in [0, 0.1) is 0 Å². The Morgan fingerprint density at radius 2 is 2.38 bits per heavy atom. The van der Waals surface area contributed by atoms with Crippen LogP contribution in [0.1, 0.15) is 24.3 Å². The number of hydrogen-bond acceptors (Lipinski definition) is 3. The van der Waals surface area contributed by atoms with Crippen LogP contribution in [-0.2, 0) is 0 Å². The molecule has 1 N–H and O–H groups in total. The van der Waals surface area contributed by atoms with E-state index in [1.165, 1.54) is 16.1 Å². The van der Waals surface area contributed by atoms with Crippen LogP contribution in [0.15, 0.2) is 18.2 Å².